The van der Waals surface area contributed by atoms with Gasteiger partial charge in [-0.2, -0.15) is 0 Å². The molecule has 0 heteroatoms. The zero-order valence-electron chi connectivity index (χ0n) is 8.30. The van der Waals surface area contributed by atoms with E-state index >= 15 is 0 Å². The van der Waals surface area contributed by atoms with Gasteiger partial charge >= 0.3 is 0 Å². The van der Waals surface area contributed by atoms with Crippen LogP contribution >= 0.6 is 0 Å². The van der Waals surface area contributed by atoms with Crippen molar-refractivity contribution in [1.29, 1.82) is 0 Å². The standard InChI is InChI=1S/C12H18/c1-5-9-6-10-7-11(8(9)2)12(10,3)4/h5-6,8,10-11H,1,7H2,2-4H3. The van der Waals surface area contributed by atoms with Gasteiger partial charge in [-0.15, -0.1) is 0 Å². The molecule has 0 aromatic rings. The van der Waals surface area contributed by atoms with Crippen LogP contribution in [-0.2, 0) is 0 Å². The Morgan fingerprint density at radius 1 is 1.58 bits per heavy atom. The Bertz CT molecular complexity index is 245. The highest BCUT2D eigenvalue weighted by Crippen LogP contribution is 2.60. The molecule has 0 nitrogen and oxygen atoms in total. The Kier molecular flexibility index (Phi) is 1.51. The Hall–Kier alpha value is -0.520. The van der Waals surface area contributed by atoms with Gasteiger partial charge in [0, 0.05) is 0 Å². The van der Waals surface area contributed by atoms with Gasteiger partial charge in [0.2, 0.25) is 0 Å². The van der Waals surface area contributed by atoms with Gasteiger partial charge in [-0.3, -0.25) is 0 Å². The normalized spacial score (nSPS) is 42.9. The highest BCUT2D eigenvalue weighted by molar-refractivity contribution is 5.30. The topological polar surface area (TPSA) is 0 Å². The highest BCUT2D eigenvalue weighted by atomic mass is 14.6. The van der Waals surface area contributed by atoms with Crippen LogP contribution in [0.1, 0.15) is 27.2 Å². The quantitative estimate of drug-likeness (QED) is 0.554. The molecule has 1 saturated carbocycles. The third kappa shape index (κ3) is 0.784. The molecule has 0 aromatic carbocycles. The molecule has 1 fully saturated rings. The van der Waals surface area contributed by atoms with Crippen LogP contribution in [-0.4, -0.2) is 0 Å². The lowest BCUT2D eigenvalue weighted by Crippen LogP contribution is -2.50. The first kappa shape index (κ1) is 8.10. The van der Waals surface area contributed by atoms with Crippen molar-refractivity contribution in [2.45, 2.75) is 27.2 Å². The Morgan fingerprint density at radius 3 is 2.67 bits per heavy atom. The van der Waals surface area contributed by atoms with E-state index in [-0.39, 0.29) is 0 Å². The minimum Gasteiger partial charge on any atom is -0.0988 e. The Morgan fingerprint density at radius 2 is 2.25 bits per heavy atom. The molecule has 0 saturated heterocycles. The lowest BCUT2D eigenvalue weighted by molar-refractivity contribution is -0.0295. The van der Waals surface area contributed by atoms with Crippen molar-refractivity contribution in [3.8, 4) is 0 Å². The van der Waals surface area contributed by atoms with Gasteiger partial charge < -0.3 is 0 Å². The molecule has 0 amide bonds. The van der Waals surface area contributed by atoms with E-state index in [9.17, 15) is 0 Å². The van der Waals surface area contributed by atoms with Gasteiger partial charge in [0.1, 0.15) is 0 Å². The lowest BCUT2D eigenvalue weighted by Gasteiger charge is -2.58. The number of hydrogen-bond acceptors (Lipinski definition) is 0. The van der Waals surface area contributed by atoms with Crippen molar-refractivity contribution in [1.82, 2.24) is 0 Å². The minimum atomic E-state index is 0.561. The van der Waals surface area contributed by atoms with E-state index in [0.29, 0.717) is 5.41 Å². The number of rotatable bonds is 1. The van der Waals surface area contributed by atoms with Gasteiger partial charge in [0.05, 0.1) is 0 Å². The van der Waals surface area contributed by atoms with E-state index in [0.717, 1.165) is 17.8 Å². The van der Waals surface area contributed by atoms with Crippen LogP contribution in [0.2, 0.25) is 0 Å². The second-order valence-electron chi connectivity index (χ2n) is 4.93. The first-order valence-corrected chi connectivity index (χ1v) is 4.91. The fraction of sp³-hybridized carbons (Fsp3) is 0.667. The van der Waals surface area contributed by atoms with Crippen molar-refractivity contribution in [2.24, 2.45) is 23.2 Å². The molecule has 66 valence electrons. The smallest absolute Gasteiger partial charge is 0.0160 e. The molecule has 0 aliphatic heterocycles. The molecule has 12 heavy (non-hydrogen) atoms. The molecule has 2 bridgehead atoms. The predicted octanol–water partition coefficient (Wildman–Crippen LogP) is 3.41. The summed E-state index contributed by atoms with van der Waals surface area (Å²) in [6.07, 6.45) is 5.89. The second-order valence-corrected chi connectivity index (χ2v) is 4.93. The minimum absolute atomic E-state index is 0.561. The summed E-state index contributed by atoms with van der Waals surface area (Å²) in [5.41, 5.74) is 2.04. The maximum absolute atomic E-state index is 3.87. The molecule has 0 aromatic heterocycles. The van der Waals surface area contributed by atoms with Crippen molar-refractivity contribution in [3.63, 3.8) is 0 Å². The van der Waals surface area contributed by atoms with Crippen molar-refractivity contribution in [3.05, 3.63) is 24.3 Å². The van der Waals surface area contributed by atoms with E-state index in [4.69, 9.17) is 0 Å². The predicted molar refractivity (Wildman–Crippen MR) is 52.8 cm³/mol. The van der Waals surface area contributed by atoms with Gasteiger partial charge in [-0.05, 0) is 35.2 Å². The zero-order valence-corrected chi connectivity index (χ0v) is 8.30. The van der Waals surface area contributed by atoms with E-state index in [2.05, 4.69) is 33.4 Å². The van der Waals surface area contributed by atoms with Crippen LogP contribution in [0.3, 0.4) is 0 Å². The number of hydrogen-bond donors (Lipinski definition) is 0. The van der Waals surface area contributed by atoms with Gasteiger partial charge in [-0.25, -0.2) is 0 Å². The third-order valence-electron chi connectivity index (χ3n) is 4.18. The van der Waals surface area contributed by atoms with Gasteiger partial charge in [0.15, 0.2) is 0 Å². The molecule has 0 heterocycles. The SMILES string of the molecule is C=CC1=CC2CC(C1C)C2(C)C. The summed E-state index contributed by atoms with van der Waals surface area (Å²) < 4.78 is 0. The van der Waals surface area contributed by atoms with E-state index in [1.165, 1.54) is 12.0 Å². The van der Waals surface area contributed by atoms with Gasteiger partial charge in [0.25, 0.3) is 0 Å². The van der Waals surface area contributed by atoms with Crippen LogP contribution in [0.15, 0.2) is 24.3 Å². The fourth-order valence-corrected chi connectivity index (χ4v) is 3.00. The van der Waals surface area contributed by atoms with Crippen LogP contribution < -0.4 is 0 Å². The summed E-state index contributed by atoms with van der Waals surface area (Å²) >= 11 is 0. The van der Waals surface area contributed by atoms with Crippen molar-refractivity contribution < 1.29 is 0 Å². The summed E-state index contributed by atoms with van der Waals surface area (Å²) in [5, 5.41) is 0. The largest absolute Gasteiger partial charge is 0.0988 e. The average Bonchev–Trinajstić information content (AvgIpc) is 2.03. The number of fused-ring (bicyclic) bond motifs is 1. The zero-order chi connectivity index (χ0) is 8.93. The molecule has 0 N–H and O–H groups in total. The lowest BCUT2D eigenvalue weighted by atomic mass is 9.47. The van der Waals surface area contributed by atoms with Crippen LogP contribution in [0.25, 0.3) is 0 Å². The molecule has 0 spiro atoms. The summed E-state index contributed by atoms with van der Waals surface area (Å²) in [6, 6.07) is 0. The van der Waals surface area contributed by atoms with Crippen LogP contribution in [0.5, 0.6) is 0 Å². The fourth-order valence-electron chi connectivity index (χ4n) is 3.00. The van der Waals surface area contributed by atoms with Gasteiger partial charge in [-0.1, -0.05) is 39.5 Å². The Labute approximate surface area is 75.4 Å². The Balaban J connectivity index is 2.33. The summed E-state index contributed by atoms with van der Waals surface area (Å²) in [7, 11) is 0. The summed E-state index contributed by atoms with van der Waals surface area (Å²) in [4.78, 5) is 0. The maximum atomic E-state index is 3.87. The maximum Gasteiger partial charge on any atom is -0.0160 e. The molecular weight excluding hydrogens is 144 g/mol. The van der Waals surface area contributed by atoms with Crippen LogP contribution in [0, 0.1) is 23.2 Å². The van der Waals surface area contributed by atoms with Crippen molar-refractivity contribution >= 4 is 0 Å². The second kappa shape index (κ2) is 2.25. The van der Waals surface area contributed by atoms with Crippen molar-refractivity contribution in [2.75, 3.05) is 0 Å². The molecule has 3 atom stereocenters. The number of allylic oxidation sites excluding steroid dienone is 3. The average molecular weight is 162 g/mol. The summed E-state index contributed by atoms with van der Waals surface area (Å²) in [5.74, 6) is 2.47. The van der Waals surface area contributed by atoms with E-state index in [1.54, 1.807) is 0 Å². The molecular formula is C12H18. The van der Waals surface area contributed by atoms with E-state index < -0.39 is 0 Å². The van der Waals surface area contributed by atoms with E-state index in [1.807, 2.05) is 6.08 Å². The molecule has 3 unspecified atom stereocenters. The highest BCUT2D eigenvalue weighted by Gasteiger charge is 2.52. The molecule has 0 radical (unpaired) electrons. The third-order valence-corrected chi connectivity index (χ3v) is 4.18. The first-order chi connectivity index (χ1) is 5.57. The monoisotopic (exact) mass is 162 g/mol. The molecule has 3 rings (SSSR count). The van der Waals surface area contributed by atoms with Crippen LogP contribution in [0.4, 0.5) is 0 Å². The molecule has 3 aliphatic rings. The summed E-state index contributed by atoms with van der Waals surface area (Å²) in [6.45, 7) is 11.0. The first-order valence-electron chi connectivity index (χ1n) is 4.91. The molecule has 3 aliphatic carbocycles.